The first-order valence-electron chi connectivity index (χ1n) is 6.39. The smallest absolute Gasteiger partial charge is 0.222 e. The second kappa shape index (κ2) is 4.88. The third-order valence-electron chi connectivity index (χ3n) is 3.56. The summed E-state index contributed by atoms with van der Waals surface area (Å²) in [5.41, 5.74) is 5.47. The molecule has 0 spiro atoms. The number of carbonyl (C=O) groups is 1. The molecule has 0 aromatic heterocycles. The molecule has 0 aromatic rings. The maximum absolute atomic E-state index is 11.6. The highest BCUT2D eigenvalue weighted by molar-refractivity contribution is 6.05. The monoisotopic (exact) mass is 263 g/mol. The predicted octanol–water partition coefficient (Wildman–Crippen LogP) is -1.03. The molecule has 19 heavy (non-hydrogen) atoms. The quantitative estimate of drug-likeness (QED) is 0.563. The molecular formula is C11H17N7O. The molecule has 0 atom stereocenters. The predicted molar refractivity (Wildman–Crippen MR) is 70.5 cm³/mol. The van der Waals surface area contributed by atoms with Gasteiger partial charge in [0.05, 0.1) is 0 Å². The van der Waals surface area contributed by atoms with Crippen molar-refractivity contribution in [1.29, 1.82) is 0 Å². The zero-order valence-corrected chi connectivity index (χ0v) is 10.8. The Balaban J connectivity index is 1.62. The van der Waals surface area contributed by atoms with Crippen LogP contribution < -0.4 is 16.4 Å². The minimum absolute atomic E-state index is 0.123. The second-order valence-corrected chi connectivity index (χ2v) is 4.67. The standard InChI is InChI=1S/C11H17N7O/c1-12-11(19)8-4-6-17(7-5-8)10-3-2-9-13-15-16-18(9)14-10/h2-3,8,15-16H,4-7H2,1H3,(H,12,19). The van der Waals surface area contributed by atoms with Gasteiger partial charge >= 0.3 is 0 Å². The van der Waals surface area contributed by atoms with E-state index in [9.17, 15) is 4.79 Å². The molecule has 3 aliphatic rings. The van der Waals surface area contributed by atoms with Crippen LogP contribution in [0.25, 0.3) is 0 Å². The molecule has 1 fully saturated rings. The average molecular weight is 263 g/mol. The Kier molecular flexibility index (Phi) is 3.08. The van der Waals surface area contributed by atoms with E-state index in [1.54, 1.807) is 12.2 Å². The number of piperidine rings is 1. The number of likely N-dealkylation sites (tertiary alicyclic amines) is 1. The first kappa shape index (κ1) is 12.0. The Morgan fingerprint density at radius 3 is 2.84 bits per heavy atom. The van der Waals surface area contributed by atoms with Crippen molar-refractivity contribution in [3.63, 3.8) is 0 Å². The fraction of sp³-hybridized carbons (Fsp3) is 0.545. The summed E-state index contributed by atoms with van der Waals surface area (Å²) in [5, 5.41) is 12.8. The number of hydrazine groups is 2. The molecule has 1 saturated heterocycles. The molecule has 8 nitrogen and oxygen atoms in total. The normalized spacial score (nSPS) is 22.6. The number of fused-ring (bicyclic) bond motifs is 1. The number of hydrazone groups is 2. The number of amidine groups is 2. The molecule has 0 saturated carbocycles. The molecule has 0 aromatic carbocycles. The Bertz CT molecular complexity index is 462. The number of nitrogens with zero attached hydrogens (tertiary/aromatic N) is 4. The van der Waals surface area contributed by atoms with Crippen molar-refractivity contribution in [3.05, 3.63) is 12.2 Å². The highest BCUT2D eigenvalue weighted by Gasteiger charge is 2.27. The van der Waals surface area contributed by atoms with Crippen LogP contribution in [0.1, 0.15) is 12.8 Å². The lowest BCUT2D eigenvalue weighted by Gasteiger charge is -2.33. The van der Waals surface area contributed by atoms with Crippen LogP contribution in [0.3, 0.4) is 0 Å². The van der Waals surface area contributed by atoms with E-state index in [1.807, 2.05) is 12.2 Å². The molecule has 8 heteroatoms. The van der Waals surface area contributed by atoms with Crippen molar-refractivity contribution in [2.45, 2.75) is 12.8 Å². The number of nitrogens with one attached hydrogen (secondary N) is 3. The topological polar surface area (TPSA) is 84.4 Å². The lowest BCUT2D eigenvalue weighted by Crippen LogP contribution is -2.45. The summed E-state index contributed by atoms with van der Waals surface area (Å²) < 4.78 is 0. The number of rotatable bonds is 1. The fourth-order valence-electron chi connectivity index (χ4n) is 2.45. The Morgan fingerprint density at radius 2 is 2.11 bits per heavy atom. The van der Waals surface area contributed by atoms with Crippen LogP contribution in [0.2, 0.25) is 0 Å². The van der Waals surface area contributed by atoms with Gasteiger partial charge in [-0.3, -0.25) is 4.79 Å². The van der Waals surface area contributed by atoms with E-state index in [1.165, 1.54) is 0 Å². The van der Waals surface area contributed by atoms with Gasteiger partial charge in [0, 0.05) is 26.1 Å². The molecule has 102 valence electrons. The van der Waals surface area contributed by atoms with E-state index in [4.69, 9.17) is 0 Å². The van der Waals surface area contributed by atoms with Gasteiger partial charge in [0.2, 0.25) is 5.91 Å². The van der Waals surface area contributed by atoms with Gasteiger partial charge in [0.25, 0.3) is 0 Å². The summed E-state index contributed by atoms with van der Waals surface area (Å²) in [5.74, 6) is 1.90. The Morgan fingerprint density at radius 1 is 1.37 bits per heavy atom. The number of hydrogen-bond acceptors (Lipinski definition) is 7. The van der Waals surface area contributed by atoms with Crippen LogP contribution in [0.5, 0.6) is 0 Å². The maximum Gasteiger partial charge on any atom is 0.222 e. The average Bonchev–Trinajstić information content (AvgIpc) is 2.94. The fourth-order valence-corrected chi connectivity index (χ4v) is 2.45. The molecule has 3 N–H and O–H groups in total. The molecular weight excluding hydrogens is 246 g/mol. The van der Waals surface area contributed by atoms with E-state index >= 15 is 0 Å². The van der Waals surface area contributed by atoms with Gasteiger partial charge in [-0.1, -0.05) is 0 Å². The number of hydrogen-bond donors (Lipinski definition) is 3. The van der Waals surface area contributed by atoms with E-state index in [-0.39, 0.29) is 11.8 Å². The minimum Gasteiger partial charge on any atom is -0.359 e. The van der Waals surface area contributed by atoms with Crippen molar-refractivity contribution >= 4 is 17.6 Å². The van der Waals surface area contributed by atoms with Gasteiger partial charge in [0.15, 0.2) is 11.7 Å². The molecule has 0 radical (unpaired) electrons. The molecule has 0 unspecified atom stereocenters. The zero-order chi connectivity index (χ0) is 13.2. The third-order valence-corrected chi connectivity index (χ3v) is 3.56. The first-order chi connectivity index (χ1) is 9.28. The van der Waals surface area contributed by atoms with E-state index in [2.05, 4.69) is 31.5 Å². The van der Waals surface area contributed by atoms with Crippen LogP contribution in [0.15, 0.2) is 22.4 Å². The summed E-state index contributed by atoms with van der Waals surface area (Å²) in [6.45, 7) is 1.68. The van der Waals surface area contributed by atoms with Crippen LogP contribution in [-0.4, -0.2) is 47.7 Å². The van der Waals surface area contributed by atoms with Gasteiger partial charge in [-0.25, -0.2) is 5.53 Å². The lowest BCUT2D eigenvalue weighted by atomic mass is 9.96. The Labute approximate surface area is 111 Å². The van der Waals surface area contributed by atoms with Gasteiger partial charge in [0.1, 0.15) is 0 Å². The summed E-state index contributed by atoms with van der Waals surface area (Å²) in [6.07, 6.45) is 5.57. The van der Waals surface area contributed by atoms with Crippen LogP contribution in [0.4, 0.5) is 0 Å². The van der Waals surface area contributed by atoms with Crippen molar-refractivity contribution in [3.8, 4) is 0 Å². The molecule has 3 rings (SSSR count). The van der Waals surface area contributed by atoms with Gasteiger partial charge in [-0.2, -0.15) is 5.12 Å². The highest BCUT2D eigenvalue weighted by Crippen LogP contribution is 2.19. The number of carbonyl (C=O) groups excluding carboxylic acids is 1. The van der Waals surface area contributed by atoms with Gasteiger partial charge < -0.3 is 10.2 Å². The van der Waals surface area contributed by atoms with Crippen LogP contribution >= 0.6 is 0 Å². The summed E-state index contributed by atoms with van der Waals surface area (Å²) in [6, 6.07) is 0. The van der Waals surface area contributed by atoms with Crippen LogP contribution in [-0.2, 0) is 4.79 Å². The second-order valence-electron chi connectivity index (χ2n) is 4.67. The van der Waals surface area contributed by atoms with Crippen molar-refractivity contribution in [2.24, 2.45) is 16.1 Å². The Hall–Kier alpha value is -2.09. The zero-order valence-electron chi connectivity index (χ0n) is 10.8. The molecule has 3 heterocycles. The van der Waals surface area contributed by atoms with E-state index < -0.39 is 0 Å². The maximum atomic E-state index is 11.6. The number of amides is 1. The summed E-state index contributed by atoms with van der Waals surface area (Å²) in [4.78, 5) is 13.8. The van der Waals surface area contributed by atoms with Crippen LogP contribution in [0, 0.1) is 5.92 Å². The van der Waals surface area contributed by atoms with E-state index in [0.717, 1.165) is 37.6 Å². The lowest BCUT2D eigenvalue weighted by molar-refractivity contribution is -0.125. The van der Waals surface area contributed by atoms with Gasteiger partial charge in [-0.15, -0.1) is 15.7 Å². The van der Waals surface area contributed by atoms with E-state index in [0.29, 0.717) is 0 Å². The minimum atomic E-state index is 0.123. The third kappa shape index (κ3) is 2.26. The van der Waals surface area contributed by atoms with Crippen molar-refractivity contribution in [1.82, 2.24) is 26.4 Å². The largest absolute Gasteiger partial charge is 0.359 e. The SMILES string of the molecule is CNC(=O)C1CCN(C2=NN3NNN=C3C=C2)CC1. The molecule has 3 aliphatic heterocycles. The molecule has 0 bridgehead atoms. The highest BCUT2D eigenvalue weighted by atomic mass is 16.1. The van der Waals surface area contributed by atoms with Crippen molar-refractivity contribution < 1.29 is 4.79 Å². The summed E-state index contributed by atoms with van der Waals surface area (Å²) in [7, 11) is 1.69. The van der Waals surface area contributed by atoms with Gasteiger partial charge in [-0.05, 0) is 25.0 Å². The molecule has 0 aliphatic carbocycles. The van der Waals surface area contributed by atoms with Crippen molar-refractivity contribution in [2.75, 3.05) is 20.1 Å². The summed E-state index contributed by atoms with van der Waals surface area (Å²) >= 11 is 0. The molecule has 1 amide bonds. The first-order valence-corrected chi connectivity index (χ1v) is 6.39.